The molecule has 1 aromatic carbocycles. The Labute approximate surface area is 120 Å². The predicted molar refractivity (Wildman–Crippen MR) is 70.9 cm³/mol. The van der Waals surface area contributed by atoms with Gasteiger partial charge >= 0.3 is 11.9 Å². The molecule has 0 amide bonds. The predicted octanol–water partition coefficient (Wildman–Crippen LogP) is 1.97. The first-order valence-corrected chi connectivity index (χ1v) is 6.09. The van der Waals surface area contributed by atoms with Crippen LogP contribution in [0, 0.1) is 5.82 Å². The molecule has 21 heavy (non-hydrogen) atoms. The molecule has 7 heteroatoms. The zero-order valence-electron chi connectivity index (χ0n) is 11.7. The van der Waals surface area contributed by atoms with Gasteiger partial charge in [0.1, 0.15) is 11.6 Å². The van der Waals surface area contributed by atoms with Crippen LogP contribution in [0.4, 0.5) is 10.1 Å². The normalized spacial score (nSPS) is 16.9. The van der Waals surface area contributed by atoms with Gasteiger partial charge in [0.05, 0.1) is 12.8 Å². The number of cyclic esters (lactones) is 2. The number of benzene rings is 1. The summed E-state index contributed by atoms with van der Waals surface area (Å²) in [6.45, 7) is 2.91. The summed E-state index contributed by atoms with van der Waals surface area (Å²) in [5.41, 5.74) is 0.0949. The minimum Gasteiger partial charge on any atom is -0.494 e. The molecule has 0 unspecified atom stereocenters. The third kappa shape index (κ3) is 3.31. The fraction of sp³-hybridized carbons (Fsp3) is 0.286. The second-order valence-corrected chi connectivity index (χ2v) is 4.73. The summed E-state index contributed by atoms with van der Waals surface area (Å²) in [5.74, 6) is -3.14. The van der Waals surface area contributed by atoms with Crippen LogP contribution < -0.4 is 10.1 Å². The van der Waals surface area contributed by atoms with E-state index in [1.54, 1.807) is 0 Å². The van der Waals surface area contributed by atoms with Gasteiger partial charge in [-0.25, -0.2) is 14.0 Å². The highest BCUT2D eigenvalue weighted by Crippen LogP contribution is 2.26. The van der Waals surface area contributed by atoms with Gasteiger partial charge in [-0.1, -0.05) is 0 Å². The topological polar surface area (TPSA) is 73.9 Å². The van der Waals surface area contributed by atoms with Crippen LogP contribution in [0.5, 0.6) is 5.75 Å². The van der Waals surface area contributed by atoms with Gasteiger partial charge in [-0.15, -0.1) is 0 Å². The summed E-state index contributed by atoms with van der Waals surface area (Å²) in [4.78, 5) is 23.5. The smallest absolute Gasteiger partial charge is 0.350 e. The average Bonchev–Trinajstić information content (AvgIpc) is 2.37. The van der Waals surface area contributed by atoms with Crippen molar-refractivity contribution < 1.29 is 28.2 Å². The molecule has 0 aliphatic carbocycles. The zero-order valence-corrected chi connectivity index (χ0v) is 11.7. The number of anilines is 1. The van der Waals surface area contributed by atoms with E-state index in [0.717, 1.165) is 6.20 Å². The summed E-state index contributed by atoms with van der Waals surface area (Å²) in [6, 6.07) is 3.79. The summed E-state index contributed by atoms with van der Waals surface area (Å²) in [6.07, 6.45) is 1.13. The van der Waals surface area contributed by atoms with Crippen molar-refractivity contribution in [3.8, 4) is 5.75 Å². The lowest BCUT2D eigenvalue weighted by atomic mass is 10.2. The van der Waals surface area contributed by atoms with Crippen molar-refractivity contribution in [2.45, 2.75) is 19.6 Å². The molecule has 1 fully saturated rings. The fourth-order valence-electron chi connectivity index (χ4n) is 1.71. The molecule has 2 rings (SSSR count). The van der Waals surface area contributed by atoms with Gasteiger partial charge in [-0.2, -0.15) is 0 Å². The number of esters is 2. The lowest BCUT2D eigenvalue weighted by molar-refractivity contribution is -0.222. The molecular formula is C14H14FNO5. The molecule has 1 aromatic rings. The molecule has 0 radical (unpaired) electrons. The molecule has 0 aromatic heterocycles. The highest BCUT2D eigenvalue weighted by Gasteiger charge is 2.38. The van der Waals surface area contributed by atoms with E-state index in [9.17, 15) is 14.0 Å². The Balaban J connectivity index is 2.22. The van der Waals surface area contributed by atoms with Crippen molar-refractivity contribution in [1.29, 1.82) is 0 Å². The minimum absolute atomic E-state index is 0.227. The first-order chi connectivity index (χ1) is 9.82. The average molecular weight is 295 g/mol. The lowest BCUT2D eigenvalue weighted by Crippen LogP contribution is -2.42. The Hall–Kier alpha value is -2.57. The van der Waals surface area contributed by atoms with E-state index in [1.165, 1.54) is 39.2 Å². The largest absolute Gasteiger partial charge is 0.494 e. The zero-order chi connectivity index (χ0) is 15.6. The lowest BCUT2D eigenvalue weighted by Gasteiger charge is -2.29. The van der Waals surface area contributed by atoms with Gasteiger partial charge in [0.2, 0.25) is 0 Å². The Kier molecular flexibility index (Phi) is 3.84. The third-order valence-electron chi connectivity index (χ3n) is 2.65. The van der Waals surface area contributed by atoms with Crippen molar-refractivity contribution in [1.82, 2.24) is 0 Å². The number of halogens is 1. The summed E-state index contributed by atoms with van der Waals surface area (Å²) in [7, 11) is 1.37. The standard InChI is InChI=1S/C14H14FNO5/c1-14(2)20-12(17)9(13(18)21-14)7-16-10-5-4-8(15)6-11(10)19-3/h4-7,16H,1-3H3. The Bertz CT molecular complexity index is 602. The SMILES string of the molecule is COc1cc(F)ccc1NC=C1C(=O)OC(C)(C)OC1=O. The van der Waals surface area contributed by atoms with Crippen LogP contribution in [0.3, 0.4) is 0 Å². The molecule has 112 valence electrons. The van der Waals surface area contributed by atoms with Crippen LogP contribution in [-0.4, -0.2) is 24.8 Å². The molecule has 0 saturated carbocycles. The van der Waals surface area contributed by atoms with E-state index in [4.69, 9.17) is 14.2 Å². The molecule has 1 saturated heterocycles. The third-order valence-corrected chi connectivity index (χ3v) is 2.65. The second kappa shape index (κ2) is 5.43. The molecule has 1 N–H and O–H groups in total. The number of nitrogens with one attached hydrogen (secondary N) is 1. The monoisotopic (exact) mass is 295 g/mol. The van der Waals surface area contributed by atoms with Crippen LogP contribution in [-0.2, 0) is 19.1 Å². The Morgan fingerprint density at radius 1 is 1.24 bits per heavy atom. The molecule has 6 nitrogen and oxygen atoms in total. The number of carbonyl (C=O) groups excluding carboxylic acids is 2. The van der Waals surface area contributed by atoms with Crippen LogP contribution >= 0.6 is 0 Å². The summed E-state index contributed by atoms with van der Waals surface area (Å²) >= 11 is 0. The van der Waals surface area contributed by atoms with Crippen molar-refractivity contribution in [3.63, 3.8) is 0 Å². The first kappa shape index (κ1) is 14.8. The summed E-state index contributed by atoms with van der Waals surface area (Å²) in [5, 5.41) is 2.69. The van der Waals surface area contributed by atoms with Crippen LogP contribution in [0.1, 0.15) is 13.8 Å². The summed E-state index contributed by atoms with van der Waals surface area (Å²) < 4.78 is 27.9. The van der Waals surface area contributed by atoms with Gasteiger partial charge < -0.3 is 19.5 Å². The molecule has 1 aliphatic rings. The van der Waals surface area contributed by atoms with E-state index in [-0.39, 0.29) is 11.3 Å². The highest BCUT2D eigenvalue weighted by atomic mass is 19.1. The number of rotatable bonds is 3. The number of methoxy groups -OCH3 is 1. The maximum Gasteiger partial charge on any atom is 0.350 e. The van der Waals surface area contributed by atoms with Gasteiger partial charge in [-0.3, -0.25) is 0 Å². The van der Waals surface area contributed by atoms with E-state index in [0.29, 0.717) is 5.69 Å². The number of ether oxygens (including phenoxy) is 3. The highest BCUT2D eigenvalue weighted by molar-refractivity contribution is 6.15. The van der Waals surface area contributed by atoms with E-state index >= 15 is 0 Å². The number of hydrogen-bond donors (Lipinski definition) is 1. The molecule has 0 spiro atoms. The van der Waals surface area contributed by atoms with Crippen molar-refractivity contribution >= 4 is 17.6 Å². The van der Waals surface area contributed by atoms with Crippen LogP contribution in [0.15, 0.2) is 30.0 Å². The molecule has 0 atom stereocenters. The van der Waals surface area contributed by atoms with Gasteiger partial charge in [0, 0.05) is 26.1 Å². The minimum atomic E-state index is -1.29. The van der Waals surface area contributed by atoms with Crippen molar-refractivity contribution in [2.24, 2.45) is 0 Å². The molecule has 0 bridgehead atoms. The quantitative estimate of drug-likeness (QED) is 0.522. The first-order valence-electron chi connectivity index (χ1n) is 6.09. The second-order valence-electron chi connectivity index (χ2n) is 4.73. The van der Waals surface area contributed by atoms with Crippen LogP contribution in [0.25, 0.3) is 0 Å². The number of carbonyl (C=O) groups is 2. The van der Waals surface area contributed by atoms with E-state index in [2.05, 4.69) is 5.32 Å². The van der Waals surface area contributed by atoms with Gasteiger partial charge in [-0.05, 0) is 12.1 Å². The molecule has 1 aliphatic heterocycles. The van der Waals surface area contributed by atoms with Crippen molar-refractivity contribution in [2.75, 3.05) is 12.4 Å². The molecule has 1 heterocycles. The van der Waals surface area contributed by atoms with Gasteiger partial charge in [0.25, 0.3) is 5.79 Å². The fourth-order valence-corrected chi connectivity index (χ4v) is 1.71. The van der Waals surface area contributed by atoms with E-state index < -0.39 is 23.5 Å². The number of hydrogen-bond acceptors (Lipinski definition) is 6. The maximum atomic E-state index is 13.1. The van der Waals surface area contributed by atoms with Crippen LogP contribution in [0.2, 0.25) is 0 Å². The maximum absolute atomic E-state index is 13.1. The molecular weight excluding hydrogens is 281 g/mol. The Morgan fingerprint density at radius 3 is 2.43 bits per heavy atom. The van der Waals surface area contributed by atoms with Crippen molar-refractivity contribution in [3.05, 3.63) is 35.8 Å². The van der Waals surface area contributed by atoms with E-state index in [1.807, 2.05) is 0 Å². The Morgan fingerprint density at radius 2 is 1.86 bits per heavy atom. The van der Waals surface area contributed by atoms with Gasteiger partial charge in [0.15, 0.2) is 5.57 Å².